The van der Waals surface area contributed by atoms with Gasteiger partial charge in [0, 0.05) is 11.6 Å². The molecular weight excluding hydrogens is 290 g/mol. The first-order chi connectivity index (χ1) is 11.1. The van der Waals surface area contributed by atoms with Crippen molar-refractivity contribution in [2.45, 2.75) is 13.5 Å². The third kappa shape index (κ3) is 3.26. The average molecular weight is 307 g/mol. The zero-order chi connectivity index (χ0) is 16.2. The molecule has 0 saturated heterocycles. The predicted octanol–water partition coefficient (Wildman–Crippen LogP) is 3.64. The molecule has 0 atom stereocenters. The van der Waals surface area contributed by atoms with E-state index in [0.29, 0.717) is 16.2 Å². The molecule has 116 valence electrons. The second-order valence-corrected chi connectivity index (χ2v) is 5.32. The Hall–Kier alpha value is -3.01. The van der Waals surface area contributed by atoms with E-state index in [1.807, 2.05) is 61.5 Å². The molecular formula is C19H17NO3. The van der Waals surface area contributed by atoms with Crippen LogP contribution in [0.3, 0.4) is 0 Å². The number of ether oxygens (including phenoxy) is 1. The van der Waals surface area contributed by atoms with Gasteiger partial charge in [0.15, 0.2) is 0 Å². The van der Waals surface area contributed by atoms with Gasteiger partial charge in [-0.1, -0.05) is 48.5 Å². The summed E-state index contributed by atoms with van der Waals surface area (Å²) in [5.41, 5.74) is 2.76. The van der Waals surface area contributed by atoms with Gasteiger partial charge in [0.2, 0.25) is 0 Å². The molecule has 0 radical (unpaired) electrons. The van der Waals surface area contributed by atoms with Crippen molar-refractivity contribution in [3.8, 4) is 16.9 Å². The van der Waals surface area contributed by atoms with Crippen LogP contribution in [0.15, 0.2) is 71.5 Å². The fourth-order valence-corrected chi connectivity index (χ4v) is 2.47. The van der Waals surface area contributed by atoms with Gasteiger partial charge in [-0.2, -0.15) is 0 Å². The van der Waals surface area contributed by atoms with Gasteiger partial charge in [-0.25, -0.2) is 0 Å². The van der Waals surface area contributed by atoms with E-state index in [4.69, 9.17) is 4.74 Å². The minimum atomic E-state index is -0.458. The van der Waals surface area contributed by atoms with Crippen LogP contribution in [0.4, 0.5) is 0 Å². The van der Waals surface area contributed by atoms with Crippen molar-refractivity contribution in [2.75, 3.05) is 0 Å². The van der Waals surface area contributed by atoms with E-state index >= 15 is 0 Å². The molecule has 0 amide bonds. The first-order valence-corrected chi connectivity index (χ1v) is 7.34. The van der Waals surface area contributed by atoms with E-state index in [1.165, 1.54) is 6.07 Å². The Bertz CT molecular complexity index is 869. The summed E-state index contributed by atoms with van der Waals surface area (Å²) in [5.74, 6) is 0.702. The topological polar surface area (TPSA) is 51.5 Å². The fraction of sp³-hybridized carbons (Fsp3) is 0.105. The molecule has 0 bridgehead atoms. The number of aromatic nitrogens is 1. The van der Waals surface area contributed by atoms with E-state index in [1.54, 1.807) is 6.07 Å². The molecule has 1 heterocycles. The molecule has 4 nitrogen and oxygen atoms in total. The summed E-state index contributed by atoms with van der Waals surface area (Å²) in [6, 6.07) is 20.7. The number of pyridine rings is 1. The lowest BCUT2D eigenvalue weighted by Gasteiger charge is -2.13. The van der Waals surface area contributed by atoms with E-state index in [0.717, 1.165) is 16.7 Å². The highest BCUT2D eigenvalue weighted by Crippen LogP contribution is 2.30. The lowest BCUT2D eigenvalue weighted by atomic mass is 10.1. The first kappa shape index (κ1) is 14.9. The number of hydrogen-bond acceptors (Lipinski definition) is 3. The molecule has 0 fully saturated rings. The maximum atomic E-state index is 11.6. The molecule has 0 spiro atoms. The Morgan fingerprint density at radius 2 is 1.70 bits per heavy atom. The maximum absolute atomic E-state index is 11.6. The number of nitrogens with zero attached hydrogens (tertiary/aromatic N) is 1. The van der Waals surface area contributed by atoms with Crippen LogP contribution in [-0.2, 0) is 6.61 Å². The average Bonchev–Trinajstić information content (AvgIpc) is 2.58. The number of hydrogen-bond donors (Lipinski definition) is 1. The molecule has 0 unspecified atom stereocenters. The van der Waals surface area contributed by atoms with Crippen LogP contribution in [0.1, 0.15) is 11.3 Å². The van der Waals surface area contributed by atoms with Crippen molar-refractivity contribution in [1.29, 1.82) is 0 Å². The normalized spacial score (nSPS) is 10.5. The number of para-hydroxylation sites is 1. The molecule has 1 aromatic heterocycles. The van der Waals surface area contributed by atoms with E-state index in [2.05, 4.69) is 0 Å². The molecule has 1 N–H and O–H groups in total. The highest BCUT2D eigenvalue weighted by atomic mass is 16.5. The van der Waals surface area contributed by atoms with Gasteiger partial charge in [-0.3, -0.25) is 4.79 Å². The van der Waals surface area contributed by atoms with Crippen LogP contribution >= 0.6 is 0 Å². The Kier molecular flexibility index (Phi) is 4.15. The Morgan fingerprint density at radius 3 is 2.48 bits per heavy atom. The third-order valence-corrected chi connectivity index (χ3v) is 3.57. The van der Waals surface area contributed by atoms with Gasteiger partial charge in [-0.05, 0) is 30.2 Å². The zero-order valence-electron chi connectivity index (χ0n) is 12.8. The smallest absolute Gasteiger partial charge is 0.283 e. The van der Waals surface area contributed by atoms with Gasteiger partial charge in [-0.15, -0.1) is 4.73 Å². The van der Waals surface area contributed by atoms with Gasteiger partial charge in [0.1, 0.15) is 12.4 Å². The number of benzene rings is 2. The van der Waals surface area contributed by atoms with Crippen LogP contribution in [-0.4, -0.2) is 9.94 Å². The molecule has 23 heavy (non-hydrogen) atoms. The SMILES string of the molecule is Cc1cc(COc2ccccc2-c2ccccc2)n(O)c(=O)c1. The Balaban J connectivity index is 1.89. The first-order valence-electron chi connectivity index (χ1n) is 7.34. The number of aryl methyl sites for hydroxylation is 1. The standard InChI is InChI=1S/C19H17NO3/c1-14-11-16(20(22)19(21)12-14)13-23-18-10-6-5-9-17(18)15-7-3-2-4-8-15/h2-12,22H,13H2,1H3. The van der Waals surface area contributed by atoms with Crippen molar-refractivity contribution in [3.63, 3.8) is 0 Å². The van der Waals surface area contributed by atoms with Crippen molar-refractivity contribution in [2.24, 2.45) is 0 Å². The molecule has 3 rings (SSSR count). The summed E-state index contributed by atoms with van der Waals surface area (Å²) >= 11 is 0. The molecule has 2 aromatic carbocycles. The largest absolute Gasteiger partial charge is 0.487 e. The van der Waals surface area contributed by atoms with Gasteiger partial charge in [0.05, 0.1) is 5.69 Å². The quantitative estimate of drug-likeness (QED) is 0.749. The van der Waals surface area contributed by atoms with Crippen molar-refractivity contribution < 1.29 is 9.94 Å². The van der Waals surface area contributed by atoms with Crippen molar-refractivity contribution in [3.05, 3.63) is 88.3 Å². The van der Waals surface area contributed by atoms with E-state index < -0.39 is 5.56 Å². The predicted molar refractivity (Wildman–Crippen MR) is 88.8 cm³/mol. The molecule has 0 aliphatic rings. The summed E-state index contributed by atoms with van der Waals surface area (Å²) in [7, 11) is 0. The lowest BCUT2D eigenvalue weighted by molar-refractivity contribution is 0.148. The highest BCUT2D eigenvalue weighted by molar-refractivity contribution is 5.70. The Labute approximate surface area is 134 Å². The lowest BCUT2D eigenvalue weighted by Crippen LogP contribution is -2.22. The van der Waals surface area contributed by atoms with Gasteiger partial charge < -0.3 is 9.94 Å². The minimum absolute atomic E-state index is 0.108. The fourth-order valence-electron chi connectivity index (χ4n) is 2.47. The van der Waals surface area contributed by atoms with Crippen molar-refractivity contribution >= 4 is 0 Å². The van der Waals surface area contributed by atoms with E-state index in [-0.39, 0.29) is 6.61 Å². The van der Waals surface area contributed by atoms with E-state index in [9.17, 15) is 10.0 Å². The maximum Gasteiger partial charge on any atom is 0.283 e. The second kappa shape index (κ2) is 6.40. The van der Waals surface area contributed by atoms with Crippen LogP contribution in [0.2, 0.25) is 0 Å². The summed E-state index contributed by atoms with van der Waals surface area (Å²) in [5, 5.41) is 9.81. The van der Waals surface area contributed by atoms with Crippen molar-refractivity contribution in [1.82, 2.24) is 4.73 Å². The van der Waals surface area contributed by atoms with Crippen LogP contribution in [0, 0.1) is 6.92 Å². The van der Waals surface area contributed by atoms with Crippen LogP contribution < -0.4 is 10.3 Å². The summed E-state index contributed by atoms with van der Waals surface area (Å²) in [4.78, 5) is 11.6. The molecule has 0 saturated carbocycles. The van der Waals surface area contributed by atoms with Crippen LogP contribution in [0.5, 0.6) is 5.75 Å². The van der Waals surface area contributed by atoms with Gasteiger partial charge >= 0.3 is 0 Å². The molecule has 4 heteroatoms. The summed E-state index contributed by atoms with van der Waals surface area (Å²) in [6.45, 7) is 1.92. The molecule has 3 aromatic rings. The second-order valence-electron chi connectivity index (χ2n) is 5.32. The minimum Gasteiger partial charge on any atom is -0.487 e. The summed E-state index contributed by atoms with van der Waals surface area (Å²) in [6.07, 6.45) is 0. The number of rotatable bonds is 4. The highest BCUT2D eigenvalue weighted by Gasteiger charge is 2.08. The third-order valence-electron chi connectivity index (χ3n) is 3.57. The summed E-state index contributed by atoms with van der Waals surface area (Å²) < 4.78 is 6.47. The van der Waals surface area contributed by atoms with Gasteiger partial charge in [0.25, 0.3) is 5.56 Å². The zero-order valence-corrected chi connectivity index (χ0v) is 12.8. The monoisotopic (exact) mass is 307 g/mol. The molecule has 0 aliphatic heterocycles. The van der Waals surface area contributed by atoms with Crippen LogP contribution in [0.25, 0.3) is 11.1 Å². The Morgan fingerprint density at radius 1 is 1.00 bits per heavy atom. The molecule has 0 aliphatic carbocycles.